The van der Waals surface area contributed by atoms with Crippen molar-refractivity contribution in [1.82, 2.24) is 15.3 Å². The van der Waals surface area contributed by atoms with E-state index in [1.54, 1.807) is 6.07 Å². The van der Waals surface area contributed by atoms with Crippen molar-refractivity contribution in [2.45, 2.75) is 41.9 Å². The summed E-state index contributed by atoms with van der Waals surface area (Å²) in [5.74, 6) is -2.46. The number of hydrogen-bond donors (Lipinski definition) is 5. The Morgan fingerprint density at radius 3 is 2.75 bits per heavy atom. The molecular weight excluding hydrogens is 458 g/mol. The number of carbonyl (C=O) groups excluding carboxylic acids is 1. The smallest absolute Gasteiger partial charge is 0.326 e. The molecule has 2 aromatic rings. The monoisotopic (exact) mass is 481 g/mol. The second kappa shape index (κ2) is 10.0. The highest BCUT2D eigenvalue weighted by molar-refractivity contribution is 8.00. The molecule has 1 aliphatic rings. The number of aromatic nitrogens is 2. The van der Waals surface area contributed by atoms with Gasteiger partial charge in [0.25, 0.3) is 5.91 Å². The zero-order chi connectivity index (χ0) is 23.4. The number of aromatic hydroxyl groups is 1. The third kappa shape index (κ3) is 5.79. The molecule has 1 amide bonds. The van der Waals surface area contributed by atoms with E-state index in [2.05, 4.69) is 15.3 Å². The molecule has 2 atom stereocenters. The van der Waals surface area contributed by atoms with Crippen molar-refractivity contribution in [3.8, 4) is 5.88 Å². The minimum atomic E-state index is -1.27. The summed E-state index contributed by atoms with van der Waals surface area (Å²) in [6.07, 6.45) is 0.925. The predicted octanol–water partition coefficient (Wildman–Crippen LogP) is 1.42. The second-order valence-electron chi connectivity index (χ2n) is 7.28. The summed E-state index contributed by atoms with van der Waals surface area (Å²) >= 11 is 2.75. The lowest BCUT2D eigenvalue weighted by atomic mass is 10.1. The third-order valence-corrected chi connectivity index (χ3v) is 7.28. The Morgan fingerprint density at radius 1 is 1.31 bits per heavy atom. The third-order valence-electron chi connectivity index (χ3n) is 4.82. The van der Waals surface area contributed by atoms with Crippen LogP contribution in [0.3, 0.4) is 0 Å². The molecule has 1 aliphatic heterocycles. The van der Waals surface area contributed by atoms with Crippen LogP contribution in [-0.4, -0.2) is 68.0 Å². The van der Waals surface area contributed by atoms with E-state index < -0.39 is 23.9 Å². The number of carbonyl (C=O) groups is 3. The molecule has 13 heteroatoms. The molecule has 172 valence electrons. The first-order chi connectivity index (χ1) is 15.1. The van der Waals surface area contributed by atoms with Gasteiger partial charge in [0.1, 0.15) is 10.9 Å². The number of rotatable bonds is 9. The molecule has 0 saturated heterocycles. The standard InChI is InChI=1S/C19H23N5O6S2/c1-24-8-10(32-14-15(24)22-19(20)23-17(14)28)3-2-9-4-6-12(31-9)16(27)21-11(18(29)30)5-7-13(25)26/h4,6,10-11H,2-3,5,7-8H2,1H3,(H,21,27)(H,25,26)(H,29,30)(H3,20,22,23,28). The fraction of sp³-hybridized carbons (Fsp3) is 0.421. The van der Waals surface area contributed by atoms with E-state index in [0.717, 1.165) is 11.3 Å². The van der Waals surface area contributed by atoms with Gasteiger partial charge in [0.05, 0.1) is 4.88 Å². The van der Waals surface area contributed by atoms with Gasteiger partial charge in [0, 0.05) is 30.1 Å². The van der Waals surface area contributed by atoms with Crippen LogP contribution in [0.15, 0.2) is 17.0 Å². The molecule has 3 rings (SSSR count). The van der Waals surface area contributed by atoms with Gasteiger partial charge in [-0.05, 0) is 31.4 Å². The highest BCUT2D eigenvalue weighted by atomic mass is 32.2. The van der Waals surface area contributed by atoms with Crippen LogP contribution in [0.25, 0.3) is 0 Å². The number of nitrogen functional groups attached to an aromatic ring is 1. The van der Waals surface area contributed by atoms with Gasteiger partial charge in [-0.1, -0.05) is 0 Å². The molecule has 6 N–H and O–H groups in total. The summed E-state index contributed by atoms with van der Waals surface area (Å²) in [4.78, 5) is 46.2. The number of carboxylic acid groups (broad SMARTS) is 2. The molecule has 11 nitrogen and oxygen atoms in total. The van der Waals surface area contributed by atoms with Crippen LogP contribution < -0.4 is 16.0 Å². The van der Waals surface area contributed by atoms with Crippen LogP contribution in [0.1, 0.15) is 33.8 Å². The second-order valence-corrected chi connectivity index (χ2v) is 9.76. The summed E-state index contributed by atoms with van der Waals surface area (Å²) < 4.78 is 0. The average molecular weight is 482 g/mol. The molecule has 0 radical (unpaired) electrons. The lowest BCUT2D eigenvalue weighted by Gasteiger charge is -2.31. The summed E-state index contributed by atoms with van der Waals surface area (Å²) in [7, 11) is 1.87. The number of nitrogens with two attached hydrogens (primary N) is 1. The summed E-state index contributed by atoms with van der Waals surface area (Å²) in [5, 5.41) is 30.6. The van der Waals surface area contributed by atoms with Crippen LogP contribution >= 0.6 is 23.1 Å². The summed E-state index contributed by atoms with van der Waals surface area (Å²) in [6.45, 7) is 0.705. The molecule has 0 aromatic carbocycles. The lowest BCUT2D eigenvalue weighted by Crippen LogP contribution is -2.40. The van der Waals surface area contributed by atoms with Crippen molar-refractivity contribution in [3.05, 3.63) is 21.9 Å². The summed E-state index contributed by atoms with van der Waals surface area (Å²) in [5.41, 5.74) is 5.61. The number of aryl methyl sites for hydroxylation is 1. The van der Waals surface area contributed by atoms with E-state index in [0.29, 0.717) is 28.6 Å². The topological polar surface area (TPSA) is 179 Å². The van der Waals surface area contributed by atoms with E-state index >= 15 is 0 Å². The fourth-order valence-electron chi connectivity index (χ4n) is 3.25. The van der Waals surface area contributed by atoms with Gasteiger partial charge in [-0.15, -0.1) is 23.1 Å². The number of anilines is 2. The zero-order valence-electron chi connectivity index (χ0n) is 17.1. The van der Waals surface area contributed by atoms with Gasteiger partial charge in [-0.3, -0.25) is 9.59 Å². The maximum Gasteiger partial charge on any atom is 0.326 e. The minimum Gasteiger partial charge on any atom is -0.492 e. The maximum absolute atomic E-state index is 12.4. The molecule has 2 aromatic heterocycles. The van der Waals surface area contributed by atoms with Crippen molar-refractivity contribution in [2.24, 2.45) is 0 Å². The van der Waals surface area contributed by atoms with Crippen LogP contribution in [0, 0.1) is 0 Å². The number of carboxylic acids is 2. The molecule has 2 unspecified atom stereocenters. The number of nitrogens with one attached hydrogen (secondary N) is 1. The van der Waals surface area contributed by atoms with E-state index in [1.807, 2.05) is 18.0 Å². The molecule has 3 heterocycles. The summed E-state index contributed by atoms with van der Waals surface area (Å²) in [6, 6.07) is 2.19. The first-order valence-electron chi connectivity index (χ1n) is 9.72. The first kappa shape index (κ1) is 23.6. The van der Waals surface area contributed by atoms with E-state index in [1.165, 1.54) is 23.1 Å². The van der Waals surface area contributed by atoms with Crippen LogP contribution in [0.2, 0.25) is 0 Å². The van der Waals surface area contributed by atoms with Gasteiger partial charge in [-0.2, -0.15) is 9.97 Å². The van der Waals surface area contributed by atoms with Crippen LogP contribution in [0.4, 0.5) is 11.8 Å². The number of nitrogens with zero attached hydrogens (tertiary/aromatic N) is 3. The number of amides is 1. The minimum absolute atomic E-state index is 0.0182. The Morgan fingerprint density at radius 2 is 2.06 bits per heavy atom. The quantitative estimate of drug-likeness (QED) is 0.349. The zero-order valence-corrected chi connectivity index (χ0v) is 18.8. The van der Waals surface area contributed by atoms with Gasteiger partial charge < -0.3 is 31.3 Å². The number of thiophene rings is 1. The molecule has 0 aliphatic carbocycles. The van der Waals surface area contributed by atoms with Crippen molar-refractivity contribution in [2.75, 3.05) is 24.2 Å². The van der Waals surface area contributed by atoms with Gasteiger partial charge in [0.15, 0.2) is 5.82 Å². The van der Waals surface area contributed by atoms with Crippen LogP contribution in [-0.2, 0) is 16.0 Å². The molecular formula is C19H23N5O6S2. The first-order valence-corrected chi connectivity index (χ1v) is 11.4. The normalized spacial score (nSPS) is 16.3. The molecule has 0 bridgehead atoms. The predicted molar refractivity (Wildman–Crippen MR) is 119 cm³/mol. The van der Waals surface area contributed by atoms with Crippen LogP contribution in [0.5, 0.6) is 5.88 Å². The number of hydrogen-bond acceptors (Lipinski definition) is 10. The van der Waals surface area contributed by atoms with Gasteiger partial charge in [-0.25, -0.2) is 4.79 Å². The highest BCUT2D eigenvalue weighted by Gasteiger charge is 2.28. The average Bonchev–Trinajstić information content (AvgIpc) is 3.19. The Balaban J connectivity index is 1.58. The molecule has 0 saturated carbocycles. The van der Waals surface area contributed by atoms with Gasteiger partial charge in [0.2, 0.25) is 11.8 Å². The Hall–Kier alpha value is -3.06. The maximum atomic E-state index is 12.4. The Kier molecular flexibility index (Phi) is 7.40. The molecule has 32 heavy (non-hydrogen) atoms. The molecule has 0 fully saturated rings. The van der Waals surface area contributed by atoms with E-state index in [-0.39, 0.29) is 29.9 Å². The van der Waals surface area contributed by atoms with E-state index in [9.17, 15) is 24.6 Å². The number of fused-ring (bicyclic) bond motifs is 1. The number of aliphatic carboxylic acids is 2. The SMILES string of the molecule is CN1CC(CCc2ccc(C(=O)NC(CCC(=O)O)C(=O)O)s2)Sc2c(O)nc(N)nc21. The van der Waals surface area contributed by atoms with Crippen molar-refractivity contribution in [1.29, 1.82) is 0 Å². The molecule has 0 spiro atoms. The van der Waals surface area contributed by atoms with E-state index in [4.69, 9.17) is 10.8 Å². The van der Waals surface area contributed by atoms with Crippen molar-refractivity contribution >= 4 is 52.7 Å². The largest absolute Gasteiger partial charge is 0.492 e. The fourth-order valence-corrected chi connectivity index (χ4v) is 5.50. The number of thioether (sulfide) groups is 1. The Labute approximate surface area is 191 Å². The highest BCUT2D eigenvalue weighted by Crippen LogP contribution is 2.43. The lowest BCUT2D eigenvalue weighted by molar-refractivity contribution is -0.140. The Bertz CT molecular complexity index is 1030. The van der Waals surface area contributed by atoms with Crippen molar-refractivity contribution < 1.29 is 29.7 Å². The van der Waals surface area contributed by atoms with Crippen molar-refractivity contribution in [3.63, 3.8) is 0 Å². The van der Waals surface area contributed by atoms with Gasteiger partial charge >= 0.3 is 11.9 Å².